The fourth-order valence-electron chi connectivity index (χ4n) is 7.59. The van der Waals surface area contributed by atoms with Gasteiger partial charge in [0.05, 0.1) is 6.10 Å². The monoisotopic (exact) mass is 396 g/mol. The van der Waals surface area contributed by atoms with Gasteiger partial charge in [-0.3, -0.25) is 0 Å². The van der Waals surface area contributed by atoms with Crippen molar-refractivity contribution in [3.8, 4) is 0 Å². The van der Waals surface area contributed by atoms with Gasteiger partial charge in [0, 0.05) is 0 Å². The lowest BCUT2D eigenvalue weighted by Gasteiger charge is -2.55. The SMILES string of the molecule is CC(C)C(C)C=CC(C)[C@H]1CC[C@H]2C3=CC=C4C[C@@H](O)CC[C@]4(C)[C@H]3CC[C@]12C. The van der Waals surface area contributed by atoms with Gasteiger partial charge in [-0.15, -0.1) is 0 Å². The van der Waals surface area contributed by atoms with Crippen LogP contribution in [-0.2, 0) is 0 Å². The van der Waals surface area contributed by atoms with E-state index < -0.39 is 0 Å². The highest BCUT2D eigenvalue weighted by atomic mass is 16.3. The minimum Gasteiger partial charge on any atom is -0.393 e. The molecule has 162 valence electrons. The average molecular weight is 397 g/mol. The van der Waals surface area contributed by atoms with Crippen LogP contribution in [0.5, 0.6) is 0 Å². The zero-order valence-corrected chi connectivity index (χ0v) is 19.7. The third kappa shape index (κ3) is 3.50. The smallest absolute Gasteiger partial charge is 0.0578 e. The fraction of sp³-hybridized carbons (Fsp3) is 0.786. The summed E-state index contributed by atoms with van der Waals surface area (Å²) in [6.45, 7) is 14.6. The highest BCUT2D eigenvalue weighted by Gasteiger charge is 2.56. The van der Waals surface area contributed by atoms with Gasteiger partial charge in [-0.2, -0.15) is 0 Å². The number of hydrogen-bond acceptors (Lipinski definition) is 1. The summed E-state index contributed by atoms with van der Waals surface area (Å²) in [6.07, 6.45) is 18.4. The second-order valence-corrected chi connectivity index (χ2v) is 11.9. The van der Waals surface area contributed by atoms with Crippen LogP contribution in [0.3, 0.4) is 0 Å². The van der Waals surface area contributed by atoms with Gasteiger partial charge >= 0.3 is 0 Å². The first-order valence-electron chi connectivity index (χ1n) is 12.4. The number of hydrogen-bond donors (Lipinski definition) is 1. The van der Waals surface area contributed by atoms with Crippen LogP contribution in [0.15, 0.2) is 35.5 Å². The first-order valence-corrected chi connectivity index (χ1v) is 12.4. The Morgan fingerprint density at radius 3 is 2.41 bits per heavy atom. The minimum atomic E-state index is -0.116. The summed E-state index contributed by atoms with van der Waals surface area (Å²) in [5.41, 5.74) is 4.07. The van der Waals surface area contributed by atoms with E-state index in [1.165, 1.54) is 37.7 Å². The molecule has 0 spiro atoms. The van der Waals surface area contributed by atoms with Gasteiger partial charge in [0.1, 0.15) is 0 Å². The predicted molar refractivity (Wildman–Crippen MR) is 123 cm³/mol. The van der Waals surface area contributed by atoms with Crippen molar-refractivity contribution in [3.05, 3.63) is 35.5 Å². The molecule has 3 fully saturated rings. The second kappa shape index (κ2) is 7.70. The Balaban J connectivity index is 1.57. The molecule has 4 rings (SSSR count). The Kier molecular flexibility index (Phi) is 5.69. The van der Waals surface area contributed by atoms with E-state index in [-0.39, 0.29) is 6.10 Å². The van der Waals surface area contributed by atoms with Crippen LogP contribution >= 0.6 is 0 Å². The lowest BCUT2D eigenvalue weighted by Crippen LogP contribution is -2.46. The third-order valence-corrected chi connectivity index (χ3v) is 10.0. The van der Waals surface area contributed by atoms with E-state index in [0.717, 1.165) is 36.5 Å². The molecule has 0 bridgehead atoms. The van der Waals surface area contributed by atoms with Gasteiger partial charge in [0.2, 0.25) is 0 Å². The molecule has 1 nitrogen and oxygen atoms in total. The summed E-state index contributed by atoms with van der Waals surface area (Å²) >= 11 is 0. The van der Waals surface area contributed by atoms with E-state index in [9.17, 15) is 5.11 Å². The van der Waals surface area contributed by atoms with Crippen molar-refractivity contribution in [1.82, 2.24) is 0 Å². The van der Waals surface area contributed by atoms with E-state index in [1.807, 2.05) is 0 Å². The number of rotatable bonds is 4. The molecule has 0 aliphatic heterocycles. The summed E-state index contributed by atoms with van der Waals surface area (Å²) in [5.74, 6) is 4.38. The van der Waals surface area contributed by atoms with Crippen molar-refractivity contribution >= 4 is 0 Å². The van der Waals surface area contributed by atoms with Gasteiger partial charge in [-0.1, -0.05) is 77.0 Å². The van der Waals surface area contributed by atoms with Crippen molar-refractivity contribution in [2.75, 3.05) is 0 Å². The van der Waals surface area contributed by atoms with Crippen LogP contribution in [0.1, 0.15) is 86.5 Å². The zero-order chi connectivity index (χ0) is 21.0. The molecule has 0 saturated heterocycles. The molecule has 2 unspecified atom stereocenters. The molecule has 29 heavy (non-hydrogen) atoms. The second-order valence-electron chi connectivity index (χ2n) is 11.9. The molecule has 0 amide bonds. The number of allylic oxidation sites excluding steroid dienone is 5. The molecule has 4 aliphatic rings. The van der Waals surface area contributed by atoms with E-state index in [1.54, 1.807) is 5.57 Å². The molecular formula is C28H44O. The van der Waals surface area contributed by atoms with Crippen molar-refractivity contribution in [2.24, 2.45) is 46.3 Å². The van der Waals surface area contributed by atoms with Crippen LogP contribution in [0, 0.1) is 46.3 Å². The Labute approximate surface area is 179 Å². The molecular weight excluding hydrogens is 352 g/mol. The topological polar surface area (TPSA) is 20.2 Å². The molecule has 0 radical (unpaired) electrons. The van der Waals surface area contributed by atoms with Gasteiger partial charge in [-0.25, -0.2) is 0 Å². The maximum Gasteiger partial charge on any atom is 0.0578 e. The molecule has 0 aromatic heterocycles. The van der Waals surface area contributed by atoms with Crippen molar-refractivity contribution < 1.29 is 5.11 Å². The summed E-state index contributed by atoms with van der Waals surface area (Å²) in [5, 5.41) is 10.2. The standard InChI is InChI=1S/C28H44O/c1-18(2)19(3)7-8-20(4)24-11-12-25-23-10-9-21-17-22(29)13-15-27(21,5)26(23)14-16-28(24,25)6/h7-10,18-20,22,24-26,29H,11-17H2,1-6H3/t19?,20?,22-,24+,25-,26-,27-,28+/m0/s1. The van der Waals surface area contributed by atoms with Crippen LogP contribution in [-0.4, -0.2) is 11.2 Å². The van der Waals surface area contributed by atoms with Gasteiger partial charge in [0.15, 0.2) is 0 Å². The van der Waals surface area contributed by atoms with Crippen molar-refractivity contribution in [1.29, 1.82) is 0 Å². The predicted octanol–water partition coefficient (Wildman–Crippen LogP) is 7.33. The Morgan fingerprint density at radius 2 is 1.69 bits per heavy atom. The van der Waals surface area contributed by atoms with Crippen LogP contribution in [0.2, 0.25) is 0 Å². The first kappa shape index (κ1) is 21.4. The highest BCUT2D eigenvalue weighted by molar-refractivity contribution is 5.39. The van der Waals surface area contributed by atoms with Crippen LogP contribution < -0.4 is 0 Å². The van der Waals surface area contributed by atoms with Gasteiger partial charge < -0.3 is 5.11 Å². The van der Waals surface area contributed by atoms with E-state index in [4.69, 9.17) is 0 Å². The molecule has 1 N–H and O–H groups in total. The average Bonchev–Trinajstić information content (AvgIpc) is 3.03. The summed E-state index contributed by atoms with van der Waals surface area (Å²) < 4.78 is 0. The number of aliphatic hydroxyl groups is 1. The third-order valence-electron chi connectivity index (χ3n) is 10.0. The number of fused-ring (bicyclic) bond motifs is 5. The molecule has 0 aromatic rings. The molecule has 0 aromatic carbocycles. The number of aliphatic hydroxyl groups excluding tert-OH is 1. The Hall–Kier alpha value is -0.820. The Bertz CT molecular complexity index is 712. The lowest BCUT2D eigenvalue weighted by atomic mass is 9.50. The zero-order valence-electron chi connectivity index (χ0n) is 19.7. The largest absolute Gasteiger partial charge is 0.393 e. The first-order chi connectivity index (χ1) is 13.7. The maximum atomic E-state index is 10.2. The lowest BCUT2D eigenvalue weighted by molar-refractivity contribution is 0.0382. The van der Waals surface area contributed by atoms with E-state index >= 15 is 0 Å². The van der Waals surface area contributed by atoms with Gasteiger partial charge in [0.25, 0.3) is 0 Å². The van der Waals surface area contributed by atoms with E-state index in [2.05, 4.69) is 65.8 Å². The molecule has 3 saturated carbocycles. The Morgan fingerprint density at radius 1 is 0.931 bits per heavy atom. The quantitative estimate of drug-likeness (QED) is 0.493. The van der Waals surface area contributed by atoms with Crippen LogP contribution in [0.4, 0.5) is 0 Å². The fourth-order valence-corrected chi connectivity index (χ4v) is 7.59. The summed E-state index contributed by atoms with van der Waals surface area (Å²) in [4.78, 5) is 0. The maximum absolute atomic E-state index is 10.2. The van der Waals surface area contributed by atoms with Crippen molar-refractivity contribution in [2.45, 2.75) is 92.6 Å². The molecule has 0 heterocycles. The summed E-state index contributed by atoms with van der Waals surface area (Å²) in [7, 11) is 0. The minimum absolute atomic E-state index is 0.116. The summed E-state index contributed by atoms with van der Waals surface area (Å²) in [6, 6.07) is 0. The molecule has 1 heteroatoms. The highest BCUT2D eigenvalue weighted by Crippen LogP contribution is 2.65. The van der Waals surface area contributed by atoms with Crippen LogP contribution in [0.25, 0.3) is 0 Å². The van der Waals surface area contributed by atoms with Gasteiger partial charge in [-0.05, 0) is 91.3 Å². The van der Waals surface area contributed by atoms with Crippen molar-refractivity contribution in [3.63, 3.8) is 0 Å². The normalized spacial score (nSPS) is 44.0. The molecule has 8 atom stereocenters. The molecule has 4 aliphatic carbocycles. The van der Waals surface area contributed by atoms with E-state index in [0.29, 0.717) is 22.7 Å².